The van der Waals surface area contributed by atoms with Gasteiger partial charge in [-0.1, -0.05) is 0 Å². The fraction of sp³-hybridized carbons (Fsp3) is 0.929. The van der Waals surface area contributed by atoms with E-state index in [2.05, 4.69) is 26.1 Å². The Labute approximate surface area is 109 Å². The normalized spacial score (nSPS) is 32.6. The average Bonchev–Trinajstić information content (AvgIpc) is 2.97. The third kappa shape index (κ3) is 3.23. The van der Waals surface area contributed by atoms with Crippen molar-refractivity contribution < 1.29 is 14.3 Å². The number of ether oxygens (including phenoxy) is 2. The Morgan fingerprint density at radius 3 is 2.44 bits per heavy atom. The van der Waals surface area contributed by atoms with Crippen LogP contribution in [0.2, 0.25) is 0 Å². The van der Waals surface area contributed by atoms with Crippen molar-refractivity contribution in [1.82, 2.24) is 5.32 Å². The van der Waals surface area contributed by atoms with E-state index >= 15 is 0 Å². The first-order chi connectivity index (χ1) is 8.35. The van der Waals surface area contributed by atoms with Crippen molar-refractivity contribution in [2.45, 2.75) is 76.2 Å². The second kappa shape index (κ2) is 4.82. The molecule has 0 aromatic carbocycles. The molecule has 0 spiro atoms. The minimum atomic E-state index is -0.508. The zero-order chi connectivity index (χ0) is 13.4. The lowest BCUT2D eigenvalue weighted by Gasteiger charge is -2.29. The highest BCUT2D eigenvalue weighted by Crippen LogP contribution is 2.37. The SMILES string of the molecule is COC(=O)C1(NC2CC2)CCC(OC(C)(C)C)C1. The third-order valence-corrected chi connectivity index (χ3v) is 3.62. The van der Waals surface area contributed by atoms with Gasteiger partial charge in [-0.05, 0) is 46.5 Å². The first-order valence-corrected chi connectivity index (χ1v) is 6.89. The van der Waals surface area contributed by atoms with Crippen molar-refractivity contribution in [2.75, 3.05) is 7.11 Å². The Kier molecular flexibility index (Phi) is 3.70. The zero-order valence-corrected chi connectivity index (χ0v) is 11.9. The van der Waals surface area contributed by atoms with Gasteiger partial charge in [-0.15, -0.1) is 0 Å². The van der Waals surface area contributed by atoms with Crippen molar-refractivity contribution in [3.63, 3.8) is 0 Å². The molecule has 2 rings (SSSR count). The van der Waals surface area contributed by atoms with Crippen LogP contribution in [0, 0.1) is 0 Å². The molecule has 0 amide bonds. The van der Waals surface area contributed by atoms with Gasteiger partial charge in [0.1, 0.15) is 5.54 Å². The van der Waals surface area contributed by atoms with E-state index in [0.717, 1.165) is 19.3 Å². The monoisotopic (exact) mass is 255 g/mol. The second-order valence-corrected chi connectivity index (χ2v) is 6.59. The number of nitrogens with one attached hydrogen (secondary N) is 1. The van der Waals surface area contributed by atoms with Gasteiger partial charge in [0.2, 0.25) is 0 Å². The summed E-state index contributed by atoms with van der Waals surface area (Å²) in [5.41, 5.74) is -0.664. The molecule has 2 fully saturated rings. The standard InChI is InChI=1S/C14H25NO3/c1-13(2,3)18-11-7-8-14(9-11,12(16)17-4)15-10-5-6-10/h10-11,15H,5-9H2,1-4H3. The maximum atomic E-state index is 12.1. The van der Waals surface area contributed by atoms with Crippen molar-refractivity contribution in [3.05, 3.63) is 0 Å². The summed E-state index contributed by atoms with van der Waals surface area (Å²) < 4.78 is 11.0. The van der Waals surface area contributed by atoms with Crippen molar-refractivity contribution in [2.24, 2.45) is 0 Å². The second-order valence-electron chi connectivity index (χ2n) is 6.59. The van der Waals surface area contributed by atoms with E-state index in [-0.39, 0.29) is 17.7 Å². The van der Waals surface area contributed by atoms with Gasteiger partial charge < -0.3 is 9.47 Å². The number of esters is 1. The molecule has 0 saturated heterocycles. The van der Waals surface area contributed by atoms with Crippen LogP contribution in [0.1, 0.15) is 52.9 Å². The summed E-state index contributed by atoms with van der Waals surface area (Å²) >= 11 is 0. The summed E-state index contributed by atoms with van der Waals surface area (Å²) in [6, 6.07) is 0.498. The van der Waals surface area contributed by atoms with E-state index < -0.39 is 5.54 Å². The molecule has 18 heavy (non-hydrogen) atoms. The van der Waals surface area contributed by atoms with Gasteiger partial charge in [0.15, 0.2) is 0 Å². The molecule has 0 aromatic heterocycles. The van der Waals surface area contributed by atoms with Crippen LogP contribution in [0.15, 0.2) is 0 Å². The number of carbonyl (C=O) groups is 1. The highest BCUT2D eigenvalue weighted by Gasteiger charge is 2.49. The number of carbonyl (C=O) groups excluding carboxylic acids is 1. The van der Waals surface area contributed by atoms with Crippen LogP contribution in [-0.4, -0.2) is 36.4 Å². The number of rotatable bonds is 4. The predicted octanol–water partition coefficient (Wildman–Crippen LogP) is 2.02. The van der Waals surface area contributed by atoms with Crippen LogP contribution in [0.25, 0.3) is 0 Å². The lowest BCUT2D eigenvalue weighted by atomic mass is 9.97. The maximum Gasteiger partial charge on any atom is 0.326 e. The molecule has 2 atom stereocenters. The lowest BCUT2D eigenvalue weighted by Crippen LogP contribution is -2.52. The quantitative estimate of drug-likeness (QED) is 0.781. The molecule has 2 saturated carbocycles. The molecule has 2 aliphatic rings. The van der Waals surface area contributed by atoms with Crippen LogP contribution < -0.4 is 5.32 Å². The Balaban J connectivity index is 2.01. The van der Waals surface area contributed by atoms with Crippen LogP contribution in [0.5, 0.6) is 0 Å². The van der Waals surface area contributed by atoms with Gasteiger partial charge in [0.25, 0.3) is 0 Å². The molecule has 0 radical (unpaired) electrons. The zero-order valence-electron chi connectivity index (χ0n) is 11.9. The van der Waals surface area contributed by atoms with Crippen LogP contribution in [-0.2, 0) is 14.3 Å². The summed E-state index contributed by atoms with van der Waals surface area (Å²) in [4.78, 5) is 12.1. The van der Waals surface area contributed by atoms with E-state index in [1.54, 1.807) is 0 Å². The van der Waals surface area contributed by atoms with E-state index in [1.165, 1.54) is 20.0 Å². The summed E-state index contributed by atoms with van der Waals surface area (Å²) in [5, 5.41) is 3.48. The fourth-order valence-corrected chi connectivity index (χ4v) is 2.79. The van der Waals surface area contributed by atoms with Crippen LogP contribution in [0.3, 0.4) is 0 Å². The summed E-state index contributed by atoms with van der Waals surface area (Å²) in [7, 11) is 1.47. The van der Waals surface area contributed by atoms with Crippen molar-refractivity contribution >= 4 is 5.97 Å². The minimum absolute atomic E-state index is 0.130. The Bertz CT molecular complexity index is 319. The molecule has 4 heteroatoms. The van der Waals surface area contributed by atoms with Gasteiger partial charge in [-0.2, -0.15) is 0 Å². The average molecular weight is 255 g/mol. The van der Waals surface area contributed by atoms with Gasteiger partial charge in [0, 0.05) is 12.5 Å². The Hall–Kier alpha value is -0.610. The molecule has 0 aromatic rings. The lowest BCUT2D eigenvalue weighted by molar-refractivity contribution is -0.149. The third-order valence-electron chi connectivity index (χ3n) is 3.62. The highest BCUT2D eigenvalue weighted by molar-refractivity contribution is 5.81. The Morgan fingerprint density at radius 1 is 1.28 bits per heavy atom. The van der Waals surface area contributed by atoms with Crippen molar-refractivity contribution in [1.29, 1.82) is 0 Å². The van der Waals surface area contributed by atoms with Gasteiger partial charge in [-0.25, -0.2) is 0 Å². The molecular formula is C14H25NO3. The largest absolute Gasteiger partial charge is 0.468 e. The van der Waals surface area contributed by atoms with Crippen molar-refractivity contribution in [3.8, 4) is 0 Å². The van der Waals surface area contributed by atoms with E-state index in [4.69, 9.17) is 9.47 Å². The van der Waals surface area contributed by atoms with E-state index in [9.17, 15) is 4.79 Å². The molecule has 4 nitrogen and oxygen atoms in total. The van der Waals surface area contributed by atoms with E-state index in [1.807, 2.05) is 0 Å². The van der Waals surface area contributed by atoms with Crippen LogP contribution in [0.4, 0.5) is 0 Å². The number of methoxy groups -OCH3 is 1. The molecular weight excluding hydrogens is 230 g/mol. The molecule has 0 aliphatic heterocycles. The van der Waals surface area contributed by atoms with Gasteiger partial charge in [-0.3, -0.25) is 10.1 Å². The van der Waals surface area contributed by atoms with Gasteiger partial charge >= 0.3 is 5.97 Å². The van der Waals surface area contributed by atoms with E-state index in [0.29, 0.717) is 6.04 Å². The Morgan fingerprint density at radius 2 is 1.94 bits per heavy atom. The predicted molar refractivity (Wildman–Crippen MR) is 69.4 cm³/mol. The fourth-order valence-electron chi connectivity index (χ4n) is 2.79. The number of hydrogen-bond acceptors (Lipinski definition) is 4. The summed E-state index contributed by atoms with van der Waals surface area (Å²) in [6.07, 6.45) is 4.96. The smallest absolute Gasteiger partial charge is 0.326 e. The molecule has 2 aliphatic carbocycles. The molecule has 2 unspecified atom stereocenters. The molecule has 104 valence electrons. The first-order valence-electron chi connectivity index (χ1n) is 6.89. The molecule has 0 bridgehead atoms. The van der Waals surface area contributed by atoms with Crippen LogP contribution >= 0.6 is 0 Å². The topological polar surface area (TPSA) is 47.6 Å². The van der Waals surface area contributed by atoms with Gasteiger partial charge in [0.05, 0.1) is 18.8 Å². The molecule has 1 N–H and O–H groups in total. The summed E-state index contributed by atoms with van der Waals surface area (Å²) in [6.45, 7) is 6.17. The highest BCUT2D eigenvalue weighted by atomic mass is 16.5. The first kappa shape index (κ1) is 13.8. The number of hydrogen-bond donors (Lipinski definition) is 1. The maximum absolute atomic E-state index is 12.1. The minimum Gasteiger partial charge on any atom is -0.468 e. The molecule has 0 heterocycles. The summed E-state index contributed by atoms with van der Waals surface area (Å²) in [5.74, 6) is -0.130.